The molecule has 2 rings (SSSR count). The number of methoxy groups -OCH3 is 1. The van der Waals surface area contributed by atoms with E-state index >= 15 is 0 Å². The number of sulfonamides is 1. The summed E-state index contributed by atoms with van der Waals surface area (Å²) in [5, 5.41) is -0.520. The highest BCUT2D eigenvalue weighted by Gasteiger charge is 2.36. The second-order valence-corrected chi connectivity index (χ2v) is 8.56. The van der Waals surface area contributed by atoms with Crippen LogP contribution in [-0.2, 0) is 20.9 Å². The van der Waals surface area contributed by atoms with Crippen LogP contribution in [0.4, 0.5) is 13.2 Å². The van der Waals surface area contributed by atoms with Crippen molar-refractivity contribution in [3.05, 3.63) is 28.8 Å². The van der Waals surface area contributed by atoms with Gasteiger partial charge in [-0.1, -0.05) is 11.6 Å². The van der Waals surface area contributed by atoms with Crippen molar-refractivity contribution >= 4 is 21.6 Å². The van der Waals surface area contributed by atoms with Crippen LogP contribution in [0.3, 0.4) is 0 Å². The van der Waals surface area contributed by atoms with E-state index in [0.29, 0.717) is 25.8 Å². The maximum atomic E-state index is 13.0. The molecule has 1 fully saturated rings. The summed E-state index contributed by atoms with van der Waals surface area (Å²) in [6.07, 6.45) is -3.88. The van der Waals surface area contributed by atoms with Crippen molar-refractivity contribution in [2.24, 2.45) is 0 Å². The average molecular weight is 415 g/mol. The second kappa shape index (κ2) is 8.43. The first-order valence-electron chi connectivity index (χ1n) is 8.17. The lowest BCUT2D eigenvalue weighted by molar-refractivity contribution is -0.137. The van der Waals surface area contributed by atoms with Crippen LogP contribution < -0.4 is 0 Å². The zero-order chi connectivity index (χ0) is 19.5. The first kappa shape index (κ1) is 21.4. The molecule has 1 aromatic rings. The molecule has 1 aromatic carbocycles. The van der Waals surface area contributed by atoms with Crippen LogP contribution in [0.25, 0.3) is 0 Å². The molecule has 148 valence electrons. The SMILES string of the molecule is COCC[C@H](C)N1CCN(S(=O)(=O)c2ccc(Cl)c(C(F)(F)F)c2)CC1. The maximum absolute atomic E-state index is 13.0. The molecule has 0 aliphatic carbocycles. The Kier molecular flexibility index (Phi) is 6.95. The molecule has 5 nitrogen and oxygen atoms in total. The van der Waals surface area contributed by atoms with Crippen LogP contribution in [0.1, 0.15) is 18.9 Å². The Labute approximate surface area is 156 Å². The molecular weight excluding hydrogens is 393 g/mol. The number of ether oxygens (including phenoxy) is 1. The molecule has 1 aliphatic rings. The number of hydrogen-bond donors (Lipinski definition) is 0. The first-order valence-corrected chi connectivity index (χ1v) is 9.99. The van der Waals surface area contributed by atoms with Gasteiger partial charge in [-0.3, -0.25) is 4.90 Å². The second-order valence-electron chi connectivity index (χ2n) is 6.21. The van der Waals surface area contributed by atoms with E-state index < -0.39 is 31.7 Å². The van der Waals surface area contributed by atoms with Crippen molar-refractivity contribution in [2.75, 3.05) is 39.9 Å². The third kappa shape index (κ3) is 4.89. The minimum Gasteiger partial charge on any atom is -0.385 e. The Bertz CT molecular complexity index is 720. The van der Waals surface area contributed by atoms with Crippen molar-refractivity contribution in [3.63, 3.8) is 0 Å². The van der Waals surface area contributed by atoms with Crippen LogP contribution in [0.15, 0.2) is 23.1 Å². The van der Waals surface area contributed by atoms with Crippen LogP contribution in [0.2, 0.25) is 5.02 Å². The van der Waals surface area contributed by atoms with Crippen molar-refractivity contribution in [1.82, 2.24) is 9.21 Å². The van der Waals surface area contributed by atoms with Gasteiger partial charge in [0.15, 0.2) is 0 Å². The van der Waals surface area contributed by atoms with Gasteiger partial charge in [0.25, 0.3) is 0 Å². The summed E-state index contributed by atoms with van der Waals surface area (Å²) in [7, 11) is -2.38. The molecule has 0 aromatic heterocycles. The number of piperazine rings is 1. The van der Waals surface area contributed by atoms with E-state index in [4.69, 9.17) is 16.3 Å². The largest absolute Gasteiger partial charge is 0.417 e. The minimum absolute atomic E-state index is 0.226. The molecule has 10 heteroatoms. The van der Waals surface area contributed by atoms with Gasteiger partial charge in [0, 0.05) is 45.9 Å². The van der Waals surface area contributed by atoms with E-state index in [2.05, 4.69) is 4.90 Å². The van der Waals surface area contributed by atoms with Gasteiger partial charge in [0.2, 0.25) is 10.0 Å². The van der Waals surface area contributed by atoms with Gasteiger partial charge in [-0.15, -0.1) is 0 Å². The zero-order valence-corrected chi connectivity index (χ0v) is 16.2. The van der Waals surface area contributed by atoms with Gasteiger partial charge < -0.3 is 4.74 Å². The molecule has 0 N–H and O–H groups in total. The maximum Gasteiger partial charge on any atom is 0.417 e. The normalized spacial score (nSPS) is 18.8. The summed E-state index contributed by atoms with van der Waals surface area (Å²) in [5.74, 6) is 0. The molecule has 1 heterocycles. The smallest absolute Gasteiger partial charge is 0.385 e. The van der Waals surface area contributed by atoms with Crippen LogP contribution in [-0.4, -0.2) is 63.6 Å². The summed E-state index contributed by atoms with van der Waals surface area (Å²) in [6, 6.07) is 2.93. The molecule has 1 atom stereocenters. The number of alkyl halides is 3. The Morgan fingerprint density at radius 2 is 1.85 bits per heavy atom. The number of rotatable bonds is 6. The van der Waals surface area contributed by atoms with Crippen LogP contribution in [0, 0.1) is 0 Å². The lowest BCUT2D eigenvalue weighted by atomic mass is 10.2. The van der Waals surface area contributed by atoms with E-state index in [1.165, 1.54) is 4.31 Å². The summed E-state index contributed by atoms with van der Waals surface area (Å²) in [5.41, 5.74) is -1.15. The zero-order valence-electron chi connectivity index (χ0n) is 14.6. The Hall–Kier alpha value is -0.870. The molecule has 0 bridgehead atoms. The lowest BCUT2D eigenvalue weighted by Crippen LogP contribution is -2.51. The van der Waals surface area contributed by atoms with Crippen molar-refractivity contribution in [2.45, 2.75) is 30.5 Å². The third-order valence-electron chi connectivity index (χ3n) is 4.52. The molecule has 1 aliphatic heterocycles. The van der Waals surface area contributed by atoms with Gasteiger partial charge in [0.05, 0.1) is 15.5 Å². The molecule has 0 radical (unpaired) electrons. The van der Waals surface area contributed by atoms with Crippen molar-refractivity contribution in [1.29, 1.82) is 0 Å². The van der Waals surface area contributed by atoms with Crippen molar-refractivity contribution < 1.29 is 26.3 Å². The molecule has 0 spiro atoms. The van der Waals surface area contributed by atoms with Crippen LogP contribution >= 0.6 is 11.6 Å². The van der Waals surface area contributed by atoms with Crippen LogP contribution in [0.5, 0.6) is 0 Å². The van der Waals surface area contributed by atoms with Gasteiger partial charge in [-0.05, 0) is 31.5 Å². The van der Waals surface area contributed by atoms with E-state index in [1.54, 1.807) is 7.11 Å². The molecule has 0 unspecified atom stereocenters. The van der Waals surface area contributed by atoms with Crippen molar-refractivity contribution in [3.8, 4) is 0 Å². The average Bonchev–Trinajstić information content (AvgIpc) is 2.59. The Morgan fingerprint density at radius 3 is 2.38 bits per heavy atom. The fourth-order valence-corrected chi connectivity index (χ4v) is 4.56. The fourth-order valence-electron chi connectivity index (χ4n) is 2.89. The third-order valence-corrected chi connectivity index (χ3v) is 6.74. The standard InChI is InChI=1S/C16H22ClF3N2O3S/c1-12(5-10-25-2)21-6-8-22(9-7-21)26(23,24)13-3-4-15(17)14(11-13)16(18,19)20/h3-4,11-12H,5-10H2,1-2H3/t12-/m0/s1. The molecular formula is C16H22ClF3N2O3S. The van der Waals surface area contributed by atoms with Gasteiger partial charge in [0.1, 0.15) is 0 Å². The summed E-state index contributed by atoms with van der Waals surface area (Å²) in [6.45, 7) is 4.14. The predicted octanol–water partition coefficient (Wildman–Crippen LogP) is 3.09. The predicted molar refractivity (Wildman–Crippen MR) is 92.7 cm³/mol. The fraction of sp³-hybridized carbons (Fsp3) is 0.625. The first-order chi connectivity index (χ1) is 12.1. The number of benzene rings is 1. The number of halogens is 4. The summed E-state index contributed by atoms with van der Waals surface area (Å²) >= 11 is 5.57. The Morgan fingerprint density at radius 1 is 1.23 bits per heavy atom. The van der Waals surface area contributed by atoms with E-state index in [1.807, 2.05) is 6.92 Å². The van der Waals surface area contributed by atoms with Gasteiger partial charge >= 0.3 is 6.18 Å². The highest BCUT2D eigenvalue weighted by Crippen LogP contribution is 2.36. The van der Waals surface area contributed by atoms with E-state index in [0.717, 1.165) is 18.6 Å². The lowest BCUT2D eigenvalue weighted by Gasteiger charge is -2.37. The van der Waals surface area contributed by atoms with Gasteiger partial charge in [-0.25, -0.2) is 8.42 Å². The molecule has 26 heavy (non-hydrogen) atoms. The minimum atomic E-state index is -4.71. The number of hydrogen-bond acceptors (Lipinski definition) is 4. The summed E-state index contributed by atoms with van der Waals surface area (Å²) in [4.78, 5) is 1.75. The quantitative estimate of drug-likeness (QED) is 0.717. The van der Waals surface area contributed by atoms with Gasteiger partial charge in [-0.2, -0.15) is 17.5 Å². The molecule has 0 saturated carbocycles. The molecule has 0 amide bonds. The topological polar surface area (TPSA) is 49.9 Å². The molecule has 1 saturated heterocycles. The highest BCUT2D eigenvalue weighted by molar-refractivity contribution is 7.89. The monoisotopic (exact) mass is 414 g/mol. The van der Waals surface area contributed by atoms with E-state index in [9.17, 15) is 21.6 Å². The number of nitrogens with zero attached hydrogens (tertiary/aromatic N) is 2. The highest BCUT2D eigenvalue weighted by atomic mass is 35.5. The Balaban J connectivity index is 2.13. The summed E-state index contributed by atoms with van der Waals surface area (Å²) < 4.78 is 70.6. The van der Waals surface area contributed by atoms with E-state index in [-0.39, 0.29) is 19.1 Å².